The molecule has 6 heteroatoms. The van der Waals surface area contributed by atoms with Gasteiger partial charge in [0.1, 0.15) is 24.2 Å². The second-order valence-corrected chi connectivity index (χ2v) is 6.21. The minimum Gasteiger partial charge on any atom is -0.490 e. The van der Waals surface area contributed by atoms with Gasteiger partial charge in [-0.15, -0.1) is 0 Å². The maximum atomic E-state index is 11.1. The normalized spacial score (nSPS) is 16.3. The van der Waals surface area contributed by atoms with Crippen molar-refractivity contribution in [3.8, 4) is 11.5 Å². The lowest BCUT2D eigenvalue weighted by Gasteiger charge is -2.33. The smallest absolute Gasteiger partial charge is 0.371 e. The van der Waals surface area contributed by atoms with Gasteiger partial charge in [-0.1, -0.05) is 24.3 Å². The molecule has 6 nitrogen and oxygen atoms in total. The van der Waals surface area contributed by atoms with E-state index >= 15 is 0 Å². The number of fused-ring (bicyclic) bond motifs is 1. The largest absolute Gasteiger partial charge is 0.490 e. The third kappa shape index (κ3) is 4.73. The second kappa shape index (κ2) is 8.49. The fourth-order valence-corrected chi connectivity index (χ4v) is 2.90. The second-order valence-electron chi connectivity index (χ2n) is 6.21. The standard InChI is InChI=1S/C21H23NO5/c1-3-25-20(21(23)24)12-15-8-10-16(11-9-15)26-14-17-13-22(2)18-6-4-5-7-19(18)27-17/h4-12,17H,3,13-14H2,1-2H3,(H,23,24)/b20-12-. The lowest BCUT2D eigenvalue weighted by molar-refractivity contribution is -0.136. The van der Waals surface area contributed by atoms with Gasteiger partial charge in [0.15, 0.2) is 0 Å². The number of hydrogen-bond donors (Lipinski definition) is 1. The summed E-state index contributed by atoms with van der Waals surface area (Å²) in [4.78, 5) is 13.3. The van der Waals surface area contributed by atoms with Crippen molar-refractivity contribution >= 4 is 17.7 Å². The molecule has 1 atom stereocenters. The van der Waals surface area contributed by atoms with Gasteiger partial charge in [-0.05, 0) is 42.8 Å². The minimum atomic E-state index is -1.09. The molecule has 2 aromatic rings. The molecule has 1 aliphatic heterocycles. The first kappa shape index (κ1) is 18.6. The van der Waals surface area contributed by atoms with Gasteiger partial charge in [0, 0.05) is 7.05 Å². The number of carboxylic acids is 1. The first-order valence-corrected chi connectivity index (χ1v) is 8.84. The van der Waals surface area contributed by atoms with Crippen LogP contribution in [0.5, 0.6) is 11.5 Å². The number of ether oxygens (including phenoxy) is 3. The average molecular weight is 369 g/mol. The van der Waals surface area contributed by atoms with Crippen LogP contribution in [-0.2, 0) is 9.53 Å². The van der Waals surface area contributed by atoms with Gasteiger partial charge < -0.3 is 24.2 Å². The maximum Gasteiger partial charge on any atom is 0.371 e. The van der Waals surface area contributed by atoms with E-state index in [1.54, 1.807) is 31.2 Å². The summed E-state index contributed by atoms with van der Waals surface area (Å²) < 4.78 is 17.0. The summed E-state index contributed by atoms with van der Waals surface area (Å²) in [6.07, 6.45) is 1.42. The van der Waals surface area contributed by atoms with E-state index in [1.165, 1.54) is 6.08 Å². The number of likely N-dealkylation sites (N-methyl/N-ethyl adjacent to an activating group) is 1. The molecule has 0 aliphatic carbocycles. The van der Waals surface area contributed by atoms with Crippen LogP contribution >= 0.6 is 0 Å². The third-order valence-electron chi connectivity index (χ3n) is 4.17. The Hall–Kier alpha value is -3.15. The molecule has 1 aliphatic rings. The first-order valence-electron chi connectivity index (χ1n) is 8.84. The van der Waals surface area contributed by atoms with Gasteiger partial charge in [-0.3, -0.25) is 0 Å². The van der Waals surface area contributed by atoms with Crippen molar-refractivity contribution in [1.29, 1.82) is 0 Å². The van der Waals surface area contributed by atoms with Crippen LogP contribution in [0.15, 0.2) is 54.3 Å². The molecule has 0 radical (unpaired) electrons. The Morgan fingerprint density at radius 1 is 1.26 bits per heavy atom. The van der Waals surface area contributed by atoms with Crippen molar-refractivity contribution in [3.63, 3.8) is 0 Å². The Labute approximate surface area is 158 Å². The Balaban J connectivity index is 1.59. The molecule has 0 spiro atoms. The molecule has 0 saturated carbocycles. The van der Waals surface area contributed by atoms with E-state index < -0.39 is 5.97 Å². The lowest BCUT2D eigenvalue weighted by Crippen LogP contribution is -2.41. The zero-order valence-electron chi connectivity index (χ0n) is 15.4. The van der Waals surface area contributed by atoms with Crippen LogP contribution < -0.4 is 14.4 Å². The van der Waals surface area contributed by atoms with Crippen molar-refractivity contribution in [2.45, 2.75) is 13.0 Å². The Bertz CT molecular complexity index is 816. The van der Waals surface area contributed by atoms with Gasteiger partial charge >= 0.3 is 5.97 Å². The number of para-hydroxylation sites is 2. The Kier molecular flexibility index (Phi) is 5.86. The number of aliphatic carboxylic acids is 1. The van der Waals surface area contributed by atoms with Crippen LogP contribution in [0.1, 0.15) is 12.5 Å². The molecule has 1 heterocycles. The number of hydrogen-bond acceptors (Lipinski definition) is 5. The number of nitrogens with zero attached hydrogens (tertiary/aromatic N) is 1. The van der Waals surface area contributed by atoms with Crippen molar-refractivity contribution < 1.29 is 24.1 Å². The van der Waals surface area contributed by atoms with E-state index in [2.05, 4.69) is 4.90 Å². The predicted octanol–water partition coefficient (Wildman–Crippen LogP) is 3.42. The average Bonchev–Trinajstić information content (AvgIpc) is 2.67. The first-order chi connectivity index (χ1) is 13.1. The molecule has 0 aromatic heterocycles. The summed E-state index contributed by atoms with van der Waals surface area (Å²) >= 11 is 0. The van der Waals surface area contributed by atoms with Crippen LogP contribution in [0, 0.1) is 0 Å². The van der Waals surface area contributed by atoms with Gasteiger partial charge in [0.25, 0.3) is 0 Å². The topological polar surface area (TPSA) is 68.2 Å². The number of anilines is 1. The highest BCUT2D eigenvalue weighted by Gasteiger charge is 2.23. The Morgan fingerprint density at radius 2 is 2.00 bits per heavy atom. The van der Waals surface area contributed by atoms with Crippen molar-refractivity contribution in [1.82, 2.24) is 0 Å². The van der Waals surface area contributed by atoms with Crippen LogP contribution in [0.4, 0.5) is 5.69 Å². The van der Waals surface area contributed by atoms with E-state index in [0.29, 0.717) is 19.0 Å². The van der Waals surface area contributed by atoms with Gasteiger partial charge in [-0.25, -0.2) is 4.79 Å². The van der Waals surface area contributed by atoms with Crippen LogP contribution in [-0.4, -0.2) is 44.0 Å². The molecule has 0 bridgehead atoms. The molecule has 0 amide bonds. The summed E-state index contributed by atoms with van der Waals surface area (Å²) in [6.45, 7) is 3.22. The van der Waals surface area contributed by atoms with Gasteiger partial charge in [0.2, 0.25) is 5.76 Å². The van der Waals surface area contributed by atoms with Gasteiger partial charge in [-0.2, -0.15) is 0 Å². The van der Waals surface area contributed by atoms with E-state index in [4.69, 9.17) is 19.3 Å². The minimum absolute atomic E-state index is 0.0685. The quantitative estimate of drug-likeness (QED) is 0.596. The molecule has 27 heavy (non-hydrogen) atoms. The van der Waals surface area contributed by atoms with Crippen molar-refractivity contribution in [2.24, 2.45) is 0 Å². The molecule has 2 aromatic carbocycles. The molecular weight excluding hydrogens is 346 g/mol. The fourth-order valence-electron chi connectivity index (χ4n) is 2.90. The Morgan fingerprint density at radius 3 is 2.70 bits per heavy atom. The van der Waals surface area contributed by atoms with Crippen molar-refractivity contribution in [3.05, 3.63) is 59.9 Å². The van der Waals surface area contributed by atoms with Gasteiger partial charge in [0.05, 0.1) is 18.8 Å². The monoisotopic (exact) mass is 369 g/mol. The van der Waals surface area contributed by atoms with E-state index in [-0.39, 0.29) is 11.9 Å². The number of carbonyl (C=O) groups is 1. The van der Waals surface area contributed by atoms with Crippen LogP contribution in [0.25, 0.3) is 6.08 Å². The van der Waals surface area contributed by atoms with E-state index in [1.807, 2.05) is 31.3 Å². The summed E-state index contributed by atoms with van der Waals surface area (Å²) in [6, 6.07) is 15.1. The summed E-state index contributed by atoms with van der Waals surface area (Å²) in [5, 5.41) is 9.10. The fraction of sp³-hybridized carbons (Fsp3) is 0.286. The molecule has 0 fully saturated rings. The highest BCUT2D eigenvalue weighted by Crippen LogP contribution is 2.32. The molecule has 3 rings (SSSR count). The number of carboxylic acid groups (broad SMARTS) is 1. The van der Waals surface area contributed by atoms with E-state index in [9.17, 15) is 4.79 Å². The van der Waals surface area contributed by atoms with Crippen molar-refractivity contribution in [2.75, 3.05) is 31.7 Å². The molecule has 0 saturated heterocycles. The maximum absolute atomic E-state index is 11.1. The molecule has 142 valence electrons. The third-order valence-corrected chi connectivity index (χ3v) is 4.17. The highest BCUT2D eigenvalue weighted by atomic mass is 16.5. The SMILES string of the molecule is CCO/C(=C\c1ccc(OCC2CN(C)c3ccccc3O2)cc1)C(=O)O. The number of benzene rings is 2. The summed E-state index contributed by atoms with van der Waals surface area (Å²) in [7, 11) is 2.04. The summed E-state index contributed by atoms with van der Waals surface area (Å²) in [5.41, 5.74) is 1.81. The zero-order chi connectivity index (χ0) is 19.2. The predicted molar refractivity (Wildman–Crippen MR) is 103 cm³/mol. The highest BCUT2D eigenvalue weighted by molar-refractivity contribution is 5.89. The summed E-state index contributed by atoms with van der Waals surface area (Å²) in [5.74, 6) is 0.391. The molecular formula is C21H23NO5. The van der Waals surface area contributed by atoms with Crippen LogP contribution in [0.3, 0.4) is 0 Å². The molecule has 1 unspecified atom stereocenters. The lowest BCUT2D eigenvalue weighted by atomic mass is 10.2. The zero-order valence-corrected chi connectivity index (χ0v) is 15.4. The molecule has 1 N–H and O–H groups in total. The number of rotatable bonds is 7. The van der Waals surface area contributed by atoms with E-state index in [0.717, 1.165) is 23.5 Å². The van der Waals surface area contributed by atoms with Crippen LogP contribution in [0.2, 0.25) is 0 Å².